The van der Waals surface area contributed by atoms with Crippen molar-refractivity contribution in [2.45, 2.75) is 91.2 Å². The summed E-state index contributed by atoms with van der Waals surface area (Å²) in [6.07, 6.45) is 4.40. The Labute approximate surface area is 246 Å². The van der Waals surface area contributed by atoms with Gasteiger partial charge >= 0.3 is 5.97 Å². The monoisotopic (exact) mass is 578 g/mol. The van der Waals surface area contributed by atoms with E-state index in [2.05, 4.69) is 19.2 Å². The first-order chi connectivity index (χ1) is 19.4. The van der Waals surface area contributed by atoms with E-state index in [9.17, 15) is 19.8 Å². The van der Waals surface area contributed by atoms with Crippen LogP contribution in [0.2, 0.25) is 0 Å². The number of carbonyl (C=O) groups excluding carboxylic acids is 1. The van der Waals surface area contributed by atoms with Crippen molar-refractivity contribution >= 4 is 11.9 Å². The molecular weight excluding hydrogens is 524 g/mol. The molecule has 1 aliphatic carbocycles. The Hall–Kier alpha value is -2.36. The second-order valence-corrected chi connectivity index (χ2v) is 12.5. The topological polar surface area (TPSA) is 140 Å². The number of rotatable bonds is 19. The normalized spacial score (nSPS) is 17.7. The predicted octanol–water partition coefficient (Wildman–Crippen LogP) is 4.43. The van der Waals surface area contributed by atoms with Gasteiger partial charge in [0.15, 0.2) is 11.5 Å². The van der Waals surface area contributed by atoms with Gasteiger partial charge in [0, 0.05) is 38.6 Å². The summed E-state index contributed by atoms with van der Waals surface area (Å²) >= 11 is 0. The molecule has 234 valence electrons. The first-order valence-corrected chi connectivity index (χ1v) is 15.2. The average Bonchev–Trinajstić information content (AvgIpc) is 3.42. The molecule has 4 atom stereocenters. The molecule has 1 aliphatic rings. The van der Waals surface area contributed by atoms with Crippen molar-refractivity contribution in [1.29, 1.82) is 0 Å². The lowest BCUT2D eigenvalue weighted by atomic mass is 9.80. The number of aliphatic hydroxyl groups is 1. The minimum Gasteiger partial charge on any atom is -0.493 e. The number of aliphatic carboxylic acids is 1. The molecule has 1 aromatic rings. The van der Waals surface area contributed by atoms with Crippen LogP contribution in [-0.2, 0) is 20.7 Å². The Bertz CT molecular complexity index is 946. The lowest BCUT2D eigenvalue weighted by Gasteiger charge is -2.31. The summed E-state index contributed by atoms with van der Waals surface area (Å²) in [4.78, 5) is 25.0. The van der Waals surface area contributed by atoms with Gasteiger partial charge in [0.05, 0.1) is 25.2 Å². The van der Waals surface area contributed by atoms with Crippen molar-refractivity contribution < 1.29 is 34.0 Å². The third-order valence-electron chi connectivity index (χ3n) is 8.74. The molecule has 9 nitrogen and oxygen atoms in total. The van der Waals surface area contributed by atoms with Crippen LogP contribution in [0.5, 0.6) is 11.5 Å². The highest BCUT2D eigenvalue weighted by atomic mass is 16.5. The third kappa shape index (κ3) is 10.5. The van der Waals surface area contributed by atoms with E-state index in [1.165, 1.54) is 0 Å². The largest absolute Gasteiger partial charge is 0.493 e. The SMILES string of the molecule is COCCCOc1cc(C[C@@H](C[C@H](N)[C@@H](O)C[C@H](C(=O)NCC2(C(=O)O)CCCC2)C(C)C)C(C)C)ccc1OC. The molecule has 2 rings (SSSR count). The van der Waals surface area contributed by atoms with Crippen LogP contribution in [0.25, 0.3) is 0 Å². The van der Waals surface area contributed by atoms with Gasteiger partial charge in [-0.15, -0.1) is 0 Å². The number of methoxy groups -OCH3 is 2. The first-order valence-electron chi connectivity index (χ1n) is 15.2. The summed E-state index contributed by atoms with van der Waals surface area (Å²) in [7, 11) is 3.29. The van der Waals surface area contributed by atoms with E-state index >= 15 is 0 Å². The molecule has 0 heterocycles. The Balaban J connectivity index is 2.02. The maximum atomic E-state index is 13.1. The molecule has 0 unspecified atom stereocenters. The lowest BCUT2D eigenvalue weighted by Crippen LogP contribution is -2.46. The minimum atomic E-state index is -0.882. The zero-order chi connectivity index (χ0) is 30.6. The Morgan fingerprint density at radius 1 is 1.02 bits per heavy atom. The number of nitrogens with one attached hydrogen (secondary N) is 1. The molecule has 0 spiro atoms. The first kappa shape index (κ1) is 34.8. The molecule has 1 fully saturated rings. The van der Waals surface area contributed by atoms with Crippen LogP contribution in [0, 0.1) is 29.1 Å². The Morgan fingerprint density at radius 2 is 1.71 bits per heavy atom. The van der Waals surface area contributed by atoms with Gasteiger partial charge in [-0.3, -0.25) is 9.59 Å². The number of hydrogen-bond acceptors (Lipinski definition) is 7. The maximum Gasteiger partial charge on any atom is 0.311 e. The van der Waals surface area contributed by atoms with Gasteiger partial charge in [-0.1, -0.05) is 46.6 Å². The lowest BCUT2D eigenvalue weighted by molar-refractivity contribution is -0.148. The molecule has 0 saturated heterocycles. The molecule has 1 amide bonds. The van der Waals surface area contributed by atoms with E-state index in [0.29, 0.717) is 49.9 Å². The van der Waals surface area contributed by atoms with Gasteiger partial charge in [-0.05, 0) is 67.6 Å². The van der Waals surface area contributed by atoms with Gasteiger partial charge in [-0.2, -0.15) is 0 Å². The van der Waals surface area contributed by atoms with E-state index in [4.69, 9.17) is 19.9 Å². The van der Waals surface area contributed by atoms with Gasteiger partial charge in [0.1, 0.15) is 0 Å². The highest BCUT2D eigenvalue weighted by Gasteiger charge is 2.42. The van der Waals surface area contributed by atoms with Crippen LogP contribution in [0.15, 0.2) is 18.2 Å². The van der Waals surface area contributed by atoms with Crippen LogP contribution < -0.4 is 20.5 Å². The Kier molecular flexibility index (Phi) is 14.4. The zero-order valence-electron chi connectivity index (χ0n) is 26.0. The van der Waals surface area contributed by atoms with E-state index in [1.54, 1.807) is 14.2 Å². The van der Waals surface area contributed by atoms with E-state index in [0.717, 1.165) is 31.2 Å². The summed E-state index contributed by atoms with van der Waals surface area (Å²) in [6, 6.07) is 5.46. The van der Waals surface area contributed by atoms with Gasteiger partial charge < -0.3 is 35.5 Å². The number of benzene rings is 1. The fraction of sp³-hybridized carbons (Fsp3) is 0.750. The highest BCUT2D eigenvalue weighted by molar-refractivity contribution is 5.81. The van der Waals surface area contributed by atoms with E-state index < -0.39 is 29.4 Å². The molecule has 5 N–H and O–H groups in total. The number of carboxylic acid groups (broad SMARTS) is 1. The standard InChI is InChI=1S/C32H54N2O7/c1-21(2)24(16-23-10-11-28(40-6)29(17-23)41-15-9-14-39-5)18-26(33)27(35)19-25(22(3)4)30(36)34-20-32(31(37)38)12-7-8-13-32/h10-11,17,21-22,24-27,35H,7-9,12-16,18-20,33H2,1-6H3,(H,34,36)(H,37,38)/t24-,25-,26-,27-/m0/s1. The Morgan fingerprint density at radius 3 is 2.27 bits per heavy atom. The van der Waals surface area contributed by atoms with E-state index in [1.807, 2.05) is 32.0 Å². The summed E-state index contributed by atoms with van der Waals surface area (Å²) in [6.45, 7) is 9.48. The van der Waals surface area contributed by atoms with Crippen LogP contribution in [0.1, 0.15) is 78.2 Å². The van der Waals surface area contributed by atoms with Crippen molar-refractivity contribution in [3.05, 3.63) is 23.8 Å². The van der Waals surface area contributed by atoms with Crippen molar-refractivity contribution in [2.75, 3.05) is 34.0 Å². The number of amides is 1. The van der Waals surface area contributed by atoms with Crippen LogP contribution in [0.3, 0.4) is 0 Å². The number of carbonyl (C=O) groups is 2. The van der Waals surface area contributed by atoms with Crippen molar-refractivity contribution in [1.82, 2.24) is 5.32 Å². The quantitative estimate of drug-likeness (QED) is 0.177. The smallest absolute Gasteiger partial charge is 0.311 e. The summed E-state index contributed by atoms with van der Waals surface area (Å²) in [5, 5.41) is 23.8. The zero-order valence-corrected chi connectivity index (χ0v) is 26.0. The minimum absolute atomic E-state index is 0.0243. The molecule has 41 heavy (non-hydrogen) atoms. The summed E-state index contributed by atoms with van der Waals surface area (Å²) in [5.41, 5.74) is 6.77. The number of aliphatic hydroxyl groups excluding tert-OH is 1. The molecule has 0 aliphatic heterocycles. The van der Waals surface area contributed by atoms with Crippen LogP contribution in [-0.4, -0.2) is 68.2 Å². The van der Waals surface area contributed by atoms with Crippen molar-refractivity contribution in [3.8, 4) is 11.5 Å². The summed E-state index contributed by atoms with van der Waals surface area (Å²) in [5.74, 6) is 0.363. The molecule has 1 saturated carbocycles. The molecule has 1 aromatic carbocycles. The van der Waals surface area contributed by atoms with Gasteiger partial charge in [-0.25, -0.2) is 0 Å². The van der Waals surface area contributed by atoms with Crippen LogP contribution >= 0.6 is 0 Å². The fourth-order valence-electron chi connectivity index (χ4n) is 5.77. The molecule has 9 heteroatoms. The number of hydrogen-bond donors (Lipinski definition) is 4. The van der Waals surface area contributed by atoms with Crippen LogP contribution in [0.4, 0.5) is 0 Å². The van der Waals surface area contributed by atoms with Crippen molar-refractivity contribution in [3.63, 3.8) is 0 Å². The molecule has 0 bridgehead atoms. The number of nitrogens with two attached hydrogens (primary N) is 1. The number of ether oxygens (including phenoxy) is 3. The highest BCUT2D eigenvalue weighted by Crippen LogP contribution is 2.38. The van der Waals surface area contributed by atoms with E-state index in [-0.39, 0.29) is 30.7 Å². The number of carboxylic acids is 1. The molecule has 0 aromatic heterocycles. The summed E-state index contributed by atoms with van der Waals surface area (Å²) < 4.78 is 16.5. The van der Waals surface area contributed by atoms with Crippen molar-refractivity contribution in [2.24, 2.45) is 34.8 Å². The maximum absolute atomic E-state index is 13.1. The third-order valence-corrected chi connectivity index (χ3v) is 8.74. The molecule has 0 radical (unpaired) electrons. The molecular formula is C32H54N2O7. The van der Waals surface area contributed by atoms with Gasteiger partial charge in [0.2, 0.25) is 5.91 Å². The second kappa shape index (κ2) is 16.9. The predicted molar refractivity (Wildman–Crippen MR) is 160 cm³/mol. The second-order valence-electron chi connectivity index (χ2n) is 12.5. The average molecular weight is 579 g/mol. The fourth-order valence-corrected chi connectivity index (χ4v) is 5.77. The van der Waals surface area contributed by atoms with Gasteiger partial charge in [0.25, 0.3) is 0 Å².